The minimum Gasteiger partial charge on any atom is -0.393 e. The van der Waals surface area contributed by atoms with Crippen LogP contribution >= 0.6 is 15.9 Å². The second-order valence-corrected chi connectivity index (χ2v) is 9.62. The SMILES string of the molecule is O=C1CCCC(c2nc3cc(Br)ccc3n2C2CCC(O)CC2)N1c1ccc(F)c(F)c1. The van der Waals surface area contributed by atoms with Crippen molar-refractivity contribution in [1.29, 1.82) is 0 Å². The minimum atomic E-state index is -0.974. The summed E-state index contributed by atoms with van der Waals surface area (Å²) >= 11 is 3.51. The molecule has 1 saturated carbocycles. The van der Waals surface area contributed by atoms with Gasteiger partial charge in [-0.05, 0) is 68.9 Å². The Labute approximate surface area is 193 Å². The summed E-state index contributed by atoms with van der Waals surface area (Å²) in [5, 5.41) is 10.0. The van der Waals surface area contributed by atoms with Gasteiger partial charge in [0.25, 0.3) is 0 Å². The van der Waals surface area contributed by atoms with E-state index in [4.69, 9.17) is 4.98 Å². The molecule has 8 heteroatoms. The van der Waals surface area contributed by atoms with E-state index in [9.17, 15) is 18.7 Å². The van der Waals surface area contributed by atoms with Gasteiger partial charge in [-0.25, -0.2) is 13.8 Å². The Bertz CT molecular complexity index is 1170. The summed E-state index contributed by atoms with van der Waals surface area (Å²) in [4.78, 5) is 19.5. The zero-order valence-corrected chi connectivity index (χ0v) is 19.1. The van der Waals surface area contributed by atoms with Crippen LogP contribution in [0.15, 0.2) is 40.9 Å². The lowest BCUT2D eigenvalue weighted by atomic mass is 9.92. The first-order valence-electron chi connectivity index (χ1n) is 11.0. The van der Waals surface area contributed by atoms with Gasteiger partial charge >= 0.3 is 0 Å². The summed E-state index contributed by atoms with van der Waals surface area (Å²) in [6, 6.07) is 9.34. The van der Waals surface area contributed by atoms with Crippen molar-refractivity contribution >= 4 is 38.6 Å². The van der Waals surface area contributed by atoms with Crippen molar-refractivity contribution in [2.75, 3.05) is 4.90 Å². The van der Waals surface area contributed by atoms with E-state index in [1.807, 2.05) is 18.2 Å². The number of amides is 1. The van der Waals surface area contributed by atoms with Gasteiger partial charge in [0.2, 0.25) is 5.91 Å². The number of rotatable bonds is 3. The number of benzene rings is 2. The number of carbonyl (C=O) groups excluding carboxylic acids is 1. The van der Waals surface area contributed by atoms with Crippen molar-refractivity contribution in [1.82, 2.24) is 9.55 Å². The van der Waals surface area contributed by atoms with E-state index < -0.39 is 11.6 Å². The number of aliphatic hydroxyl groups is 1. The number of fused-ring (bicyclic) bond motifs is 1. The number of hydrogen-bond acceptors (Lipinski definition) is 3. The van der Waals surface area contributed by atoms with Crippen LogP contribution in [-0.4, -0.2) is 26.7 Å². The van der Waals surface area contributed by atoms with Crippen molar-refractivity contribution in [2.24, 2.45) is 0 Å². The highest BCUT2D eigenvalue weighted by Gasteiger charge is 2.36. The van der Waals surface area contributed by atoms with Gasteiger partial charge in [-0.2, -0.15) is 0 Å². The van der Waals surface area contributed by atoms with E-state index in [0.717, 1.165) is 59.1 Å². The average molecular weight is 504 g/mol. The van der Waals surface area contributed by atoms with Gasteiger partial charge in [-0.15, -0.1) is 0 Å². The second kappa shape index (κ2) is 8.56. The molecular formula is C24H24BrF2N3O2. The van der Waals surface area contributed by atoms with Crippen molar-refractivity contribution in [3.8, 4) is 0 Å². The number of halogens is 3. The molecule has 168 valence electrons. The molecule has 3 aromatic rings. The lowest BCUT2D eigenvalue weighted by molar-refractivity contribution is -0.120. The molecule has 1 unspecified atom stereocenters. The topological polar surface area (TPSA) is 58.4 Å². The lowest BCUT2D eigenvalue weighted by Crippen LogP contribution is -2.40. The van der Waals surface area contributed by atoms with Crippen LogP contribution in [0.25, 0.3) is 11.0 Å². The summed E-state index contributed by atoms with van der Waals surface area (Å²) in [6.45, 7) is 0. The normalized spacial score (nSPS) is 24.3. The maximum absolute atomic E-state index is 14.0. The molecule has 2 aliphatic rings. The molecule has 1 N–H and O–H groups in total. The van der Waals surface area contributed by atoms with Crippen molar-refractivity contribution in [3.63, 3.8) is 0 Å². The lowest BCUT2D eigenvalue weighted by Gasteiger charge is -2.37. The van der Waals surface area contributed by atoms with Crippen LogP contribution in [0.4, 0.5) is 14.5 Å². The third-order valence-corrected chi connectivity index (χ3v) is 7.13. The minimum absolute atomic E-state index is 0.119. The first kappa shape index (κ1) is 21.5. The van der Waals surface area contributed by atoms with Gasteiger partial charge in [0.05, 0.1) is 23.2 Å². The highest BCUT2D eigenvalue weighted by atomic mass is 79.9. The standard InChI is InChI=1S/C24H24BrF2N3O2/c25-14-4-11-21-20(12-14)28-24(30(21)15-5-8-17(31)9-6-15)22-2-1-3-23(32)29(22)16-7-10-18(26)19(27)13-16/h4,7,10-13,15,17,22,31H,1-3,5-6,8-9H2. The van der Waals surface area contributed by atoms with Gasteiger partial charge in [0.1, 0.15) is 5.82 Å². The van der Waals surface area contributed by atoms with Crippen LogP contribution in [-0.2, 0) is 4.79 Å². The molecule has 0 radical (unpaired) electrons. The number of imidazole rings is 1. The molecular weight excluding hydrogens is 480 g/mol. The maximum atomic E-state index is 14.0. The third kappa shape index (κ3) is 3.83. The molecule has 5 nitrogen and oxygen atoms in total. The van der Waals surface area contributed by atoms with Crippen LogP contribution in [0.3, 0.4) is 0 Å². The summed E-state index contributed by atoms with van der Waals surface area (Å²) in [6.07, 6.45) is 4.55. The molecule has 1 aromatic heterocycles. The van der Waals surface area contributed by atoms with Gasteiger partial charge in [-0.3, -0.25) is 4.79 Å². The molecule has 1 aliphatic carbocycles. The Hall–Kier alpha value is -2.32. The Morgan fingerprint density at radius 1 is 1.00 bits per heavy atom. The summed E-state index contributed by atoms with van der Waals surface area (Å²) in [5.41, 5.74) is 2.15. The number of aliphatic hydroxyl groups excluding tert-OH is 1. The van der Waals surface area contributed by atoms with E-state index in [-0.39, 0.29) is 24.1 Å². The van der Waals surface area contributed by atoms with Crippen molar-refractivity contribution in [3.05, 3.63) is 58.3 Å². The molecule has 32 heavy (non-hydrogen) atoms. The van der Waals surface area contributed by atoms with Crippen LogP contribution in [0, 0.1) is 11.6 Å². The molecule has 1 amide bonds. The van der Waals surface area contributed by atoms with E-state index >= 15 is 0 Å². The van der Waals surface area contributed by atoms with Crippen molar-refractivity contribution in [2.45, 2.75) is 63.1 Å². The number of hydrogen-bond donors (Lipinski definition) is 1. The first-order chi connectivity index (χ1) is 15.4. The molecule has 1 aliphatic heterocycles. The average Bonchev–Trinajstić information content (AvgIpc) is 3.14. The molecule has 0 bridgehead atoms. The molecule has 0 spiro atoms. The fourth-order valence-electron chi connectivity index (χ4n) is 5.10. The van der Waals surface area contributed by atoms with Crippen LogP contribution in [0.5, 0.6) is 0 Å². The molecule has 1 atom stereocenters. The maximum Gasteiger partial charge on any atom is 0.227 e. The largest absolute Gasteiger partial charge is 0.393 e. The number of carbonyl (C=O) groups is 1. The fourth-order valence-corrected chi connectivity index (χ4v) is 5.45. The summed E-state index contributed by atoms with van der Waals surface area (Å²) in [7, 11) is 0. The van der Waals surface area contributed by atoms with Crippen LogP contribution in [0.2, 0.25) is 0 Å². The van der Waals surface area contributed by atoms with Gasteiger partial charge in [-0.1, -0.05) is 15.9 Å². The molecule has 2 aromatic carbocycles. The predicted molar refractivity (Wildman–Crippen MR) is 121 cm³/mol. The predicted octanol–water partition coefficient (Wildman–Crippen LogP) is 5.81. The highest BCUT2D eigenvalue weighted by molar-refractivity contribution is 9.10. The molecule has 2 heterocycles. The van der Waals surface area contributed by atoms with Crippen molar-refractivity contribution < 1.29 is 18.7 Å². The number of nitrogens with zero attached hydrogens (tertiary/aromatic N) is 3. The second-order valence-electron chi connectivity index (χ2n) is 8.71. The van der Waals surface area contributed by atoms with E-state index in [1.54, 1.807) is 4.90 Å². The van der Waals surface area contributed by atoms with E-state index in [0.29, 0.717) is 24.9 Å². The Morgan fingerprint density at radius 2 is 1.78 bits per heavy atom. The third-order valence-electron chi connectivity index (χ3n) is 6.64. The number of piperidine rings is 1. The Balaban J connectivity index is 1.65. The van der Waals surface area contributed by atoms with Gasteiger partial charge in [0.15, 0.2) is 11.6 Å². The molecule has 5 rings (SSSR count). The van der Waals surface area contributed by atoms with E-state index in [2.05, 4.69) is 20.5 Å². The Kier molecular flexibility index (Phi) is 5.75. The summed E-state index contributed by atoms with van der Waals surface area (Å²) in [5.74, 6) is -1.27. The van der Waals surface area contributed by atoms with Gasteiger partial charge < -0.3 is 14.6 Å². The number of aromatic nitrogens is 2. The molecule has 1 saturated heterocycles. The smallest absolute Gasteiger partial charge is 0.227 e. The zero-order valence-electron chi connectivity index (χ0n) is 17.5. The molecule has 2 fully saturated rings. The zero-order chi connectivity index (χ0) is 22.4. The first-order valence-corrected chi connectivity index (χ1v) is 11.8. The van der Waals surface area contributed by atoms with E-state index in [1.165, 1.54) is 6.07 Å². The quantitative estimate of drug-likeness (QED) is 0.490. The van der Waals surface area contributed by atoms with Crippen LogP contribution < -0.4 is 4.90 Å². The fraction of sp³-hybridized carbons (Fsp3) is 0.417. The monoisotopic (exact) mass is 503 g/mol. The Morgan fingerprint density at radius 3 is 2.53 bits per heavy atom. The van der Waals surface area contributed by atoms with Crippen LogP contribution in [0.1, 0.15) is 62.9 Å². The summed E-state index contributed by atoms with van der Waals surface area (Å²) < 4.78 is 30.8. The number of anilines is 1. The highest BCUT2D eigenvalue weighted by Crippen LogP contribution is 2.41. The van der Waals surface area contributed by atoms with Gasteiger partial charge in [0, 0.05) is 28.7 Å².